The van der Waals surface area contributed by atoms with E-state index in [0.29, 0.717) is 5.75 Å². The van der Waals surface area contributed by atoms with Gasteiger partial charge in [-0.15, -0.1) is 0 Å². The molecule has 0 bridgehead atoms. The topological polar surface area (TPSA) is 26.7 Å². The van der Waals surface area contributed by atoms with Crippen molar-refractivity contribution < 1.29 is 5.11 Å². The van der Waals surface area contributed by atoms with Crippen LogP contribution in [-0.4, -0.2) is 47.6 Å². The van der Waals surface area contributed by atoms with Crippen LogP contribution < -0.4 is 0 Å². The Morgan fingerprint density at radius 2 is 1.83 bits per heavy atom. The molecule has 0 atom stereocenters. The second kappa shape index (κ2) is 7.40. The normalized spacial score (nSPS) is 16.8. The largest absolute Gasteiger partial charge is 0.508 e. The summed E-state index contributed by atoms with van der Waals surface area (Å²) < 4.78 is 0.968. The number of benzene rings is 1. The highest BCUT2D eigenvalue weighted by molar-refractivity contribution is 7.80. The summed E-state index contributed by atoms with van der Waals surface area (Å²) in [7, 11) is 3.38. The molecule has 2 heterocycles. The van der Waals surface area contributed by atoms with Crippen LogP contribution in [0, 0.1) is 10.7 Å². The molecule has 1 aromatic heterocycles. The van der Waals surface area contributed by atoms with Crippen molar-refractivity contribution in [1.82, 2.24) is 9.80 Å². The van der Waals surface area contributed by atoms with E-state index in [1.807, 2.05) is 12.1 Å². The fraction of sp³-hybridized carbons (Fsp3) is 0.471. The van der Waals surface area contributed by atoms with Crippen molar-refractivity contribution in [3.8, 4) is 16.2 Å². The number of phenolic OH excluding ortho intramolecular Hbond substituents is 1. The number of piperazine rings is 1. The Morgan fingerprint density at radius 3 is 2.43 bits per heavy atom. The molecule has 0 spiro atoms. The maximum atomic E-state index is 10.2. The van der Waals surface area contributed by atoms with Gasteiger partial charge in [0.1, 0.15) is 9.57 Å². The van der Waals surface area contributed by atoms with Crippen LogP contribution in [0.1, 0.15) is 18.1 Å². The molecule has 1 aromatic carbocycles. The lowest BCUT2D eigenvalue weighted by molar-refractivity contribution is 0.131. The Hall–Kier alpha value is -0.790. The summed E-state index contributed by atoms with van der Waals surface area (Å²) >= 11 is 5.35. The molecular weight excluding hydrogens is 344 g/mol. The van der Waals surface area contributed by atoms with Gasteiger partial charge < -0.3 is 10.0 Å². The van der Waals surface area contributed by atoms with Gasteiger partial charge in [-0.25, -0.2) is 0 Å². The summed E-state index contributed by atoms with van der Waals surface area (Å²) in [5.41, 5.74) is 3.36. The average molecular weight is 367 g/mol. The maximum Gasteiger partial charge on any atom is 0.120 e. The van der Waals surface area contributed by atoms with Gasteiger partial charge in [0.15, 0.2) is 0 Å². The second-order valence-electron chi connectivity index (χ2n) is 5.96. The Bertz CT molecular complexity index is 730. The summed E-state index contributed by atoms with van der Waals surface area (Å²) in [6.45, 7) is 10.6. The predicted molar refractivity (Wildman–Crippen MR) is 102 cm³/mol. The highest BCUT2D eigenvalue weighted by Crippen LogP contribution is 2.36. The van der Waals surface area contributed by atoms with Gasteiger partial charge in [0.2, 0.25) is 0 Å². The van der Waals surface area contributed by atoms with Crippen molar-refractivity contribution in [3.63, 3.8) is 0 Å². The minimum atomic E-state index is 0.392. The first-order valence-corrected chi connectivity index (χ1v) is 10.5. The summed E-state index contributed by atoms with van der Waals surface area (Å²) in [5.74, 6) is 0.392. The zero-order valence-corrected chi connectivity index (χ0v) is 16.0. The van der Waals surface area contributed by atoms with Crippen LogP contribution >= 0.6 is 32.9 Å². The first-order chi connectivity index (χ1) is 11.1. The van der Waals surface area contributed by atoms with E-state index < -0.39 is 0 Å². The van der Waals surface area contributed by atoms with Crippen molar-refractivity contribution in [2.75, 3.05) is 32.7 Å². The summed E-state index contributed by atoms with van der Waals surface area (Å²) in [6, 6.07) is 5.94. The van der Waals surface area contributed by atoms with E-state index in [1.165, 1.54) is 16.0 Å². The van der Waals surface area contributed by atoms with E-state index in [-0.39, 0.29) is 0 Å². The van der Waals surface area contributed by atoms with Gasteiger partial charge in [-0.3, -0.25) is 4.90 Å². The minimum absolute atomic E-state index is 0.392. The predicted octanol–water partition coefficient (Wildman–Crippen LogP) is 4.36. The fourth-order valence-electron chi connectivity index (χ4n) is 2.92. The van der Waals surface area contributed by atoms with Gasteiger partial charge in [-0.1, -0.05) is 39.8 Å². The molecule has 0 unspecified atom stereocenters. The highest BCUT2D eigenvalue weighted by Gasteiger charge is 2.17. The van der Waals surface area contributed by atoms with Crippen LogP contribution in [0.25, 0.3) is 10.4 Å². The third-order valence-corrected chi connectivity index (χ3v) is 7.87. The zero-order valence-electron chi connectivity index (χ0n) is 13.5. The van der Waals surface area contributed by atoms with Crippen molar-refractivity contribution >= 4 is 32.9 Å². The minimum Gasteiger partial charge on any atom is -0.508 e. The van der Waals surface area contributed by atoms with Crippen molar-refractivity contribution in [2.24, 2.45) is 0 Å². The lowest BCUT2D eigenvalue weighted by Crippen LogP contribution is -2.45. The molecule has 1 saturated heterocycles. The molecule has 0 amide bonds. The van der Waals surface area contributed by atoms with Crippen LogP contribution in [0.3, 0.4) is 0 Å². The number of hydrogen-bond donors (Lipinski definition) is 1. The van der Waals surface area contributed by atoms with Crippen molar-refractivity contribution in [1.29, 1.82) is 0 Å². The van der Waals surface area contributed by atoms with Crippen molar-refractivity contribution in [2.45, 2.75) is 20.4 Å². The van der Waals surface area contributed by atoms with Crippen LogP contribution in [0.5, 0.6) is 5.75 Å². The molecule has 2 aromatic rings. The van der Waals surface area contributed by atoms with Gasteiger partial charge in [0.05, 0.1) is 4.88 Å². The van der Waals surface area contributed by atoms with Gasteiger partial charge >= 0.3 is 0 Å². The summed E-state index contributed by atoms with van der Waals surface area (Å²) in [4.78, 5) is 6.12. The molecule has 1 fully saturated rings. The van der Waals surface area contributed by atoms with Crippen LogP contribution in [-0.2, 0) is 6.54 Å². The highest BCUT2D eigenvalue weighted by atomic mass is 32.9. The molecule has 0 saturated carbocycles. The first-order valence-electron chi connectivity index (χ1n) is 7.95. The van der Waals surface area contributed by atoms with Gasteiger partial charge in [0, 0.05) is 38.3 Å². The van der Waals surface area contributed by atoms with E-state index in [2.05, 4.69) is 29.7 Å². The smallest absolute Gasteiger partial charge is 0.120 e. The van der Waals surface area contributed by atoms with Crippen LogP contribution in [0.15, 0.2) is 18.2 Å². The Balaban J connectivity index is 1.79. The number of rotatable bonds is 4. The quantitative estimate of drug-likeness (QED) is 0.642. The lowest BCUT2D eigenvalue weighted by Gasteiger charge is -2.34. The molecular formula is C17H22N2OS3. The van der Waals surface area contributed by atoms with E-state index in [0.717, 1.165) is 48.7 Å². The monoisotopic (exact) mass is 366 g/mol. The molecule has 1 aliphatic rings. The van der Waals surface area contributed by atoms with E-state index >= 15 is 0 Å². The molecule has 6 heteroatoms. The molecule has 0 aliphatic carbocycles. The third-order valence-electron chi connectivity index (χ3n) is 4.50. The molecule has 1 aliphatic heterocycles. The SMILES string of the molecule is CCN1CCN(Cc2cc(-c3ssc(=S)c3C)ccc2O)CC1. The zero-order chi connectivity index (χ0) is 16.4. The number of nitrogens with zero attached hydrogens (tertiary/aromatic N) is 2. The number of likely N-dealkylation sites (N-methyl/N-ethyl adjacent to an activating group) is 1. The second-order valence-corrected chi connectivity index (χ2v) is 8.78. The maximum absolute atomic E-state index is 10.2. The molecule has 23 heavy (non-hydrogen) atoms. The summed E-state index contributed by atoms with van der Waals surface area (Å²) in [6.07, 6.45) is 0. The number of phenols is 1. The molecule has 3 rings (SSSR count). The van der Waals surface area contributed by atoms with Gasteiger partial charge in [-0.05, 0) is 42.8 Å². The Morgan fingerprint density at radius 1 is 1.13 bits per heavy atom. The molecule has 124 valence electrons. The van der Waals surface area contributed by atoms with Crippen LogP contribution in [0.2, 0.25) is 0 Å². The van der Waals surface area contributed by atoms with Crippen LogP contribution in [0.4, 0.5) is 0 Å². The summed E-state index contributed by atoms with van der Waals surface area (Å²) in [5, 5.41) is 10.2. The van der Waals surface area contributed by atoms with E-state index in [9.17, 15) is 5.11 Å². The lowest BCUT2D eigenvalue weighted by atomic mass is 10.1. The van der Waals surface area contributed by atoms with Crippen molar-refractivity contribution in [3.05, 3.63) is 33.1 Å². The average Bonchev–Trinajstić information content (AvgIpc) is 2.90. The number of aromatic hydroxyl groups is 1. The van der Waals surface area contributed by atoms with Gasteiger partial charge in [0.25, 0.3) is 0 Å². The van der Waals surface area contributed by atoms with E-state index in [4.69, 9.17) is 12.2 Å². The third kappa shape index (κ3) is 3.83. The first kappa shape index (κ1) is 17.0. The molecule has 3 nitrogen and oxygen atoms in total. The Labute approximate surface area is 150 Å². The van der Waals surface area contributed by atoms with Gasteiger partial charge in [-0.2, -0.15) is 0 Å². The standard InChI is InChI=1S/C17H22N2OS3/c1-3-18-6-8-19(9-7-18)11-14-10-13(4-5-15(14)20)16-12(2)17(21)23-22-16/h4-5,10,20H,3,6-9,11H2,1-2H3. The molecule has 0 radical (unpaired) electrons. The number of hydrogen-bond acceptors (Lipinski definition) is 6. The van der Waals surface area contributed by atoms with E-state index in [1.54, 1.807) is 20.7 Å². The fourth-order valence-corrected chi connectivity index (χ4v) is 5.81. The Kier molecular flexibility index (Phi) is 5.49. The molecule has 1 N–H and O–H groups in total.